The predicted molar refractivity (Wildman–Crippen MR) is 63.9 cm³/mol. The van der Waals surface area contributed by atoms with Crippen molar-refractivity contribution in [2.45, 2.75) is 5.03 Å². The van der Waals surface area contributed by atoms with E-state index in [1.807, 2.05) is 0 Å². The third-order valence-corrected chi connectivity index (χ3v) is 4.12. The Bertz CT molecular complexity index is 657. The average molecular weight is 266 g/mol. The molecule has 0 spiro atoms. The first-order valence-electron chi connectivity index (χ1n) is 4.66. The summed E-state index contributed by atoms with van der Waals surface area (Å²) in [5, 5.41) is 4.61. The molecule has 0 saturated heterocycles. The van der Waals surface area contributed by atoms with Crippen molar-refractivity contribution in [1.29, 1.82) is 0 Å². The largest absolute Gasteiger partial charge is 0.391 e. The van der Waals surface area contributed by atoms with E-state index in [1.54, 1.807) is 6.26 Å². The van der Waals surface area contributed by atoms with Crippen molar-refractivity contribution in [3.8, 4) is 0 Å². The van der Waals surface area contributed by atoms with Gasteiger partial charge in [0.05, 0.1) is 15.4 Å². The van der Waals surface area contributed by atoms with Gasteiger partial charge in [0.1, 0.15) is 5.56 Å². The Kier molecular flexibility index (Phi) is 2.14. The summed E-state index contributed by atoms with van der Waals surface area (Å²) >= 11 is 2.39. The Morgan fingerprint density at radius 2 is 2.18 bits per heavy atom. The van der Waals surface area contributed by atoms with Gasteiger partial charge in [-0.25, -0.2) is 0 Å². The smallest absolute Gasteiger partial charge is 0.233 e. The monoisotopic (exact) mass is 266 g/mol. The number of carbonyl (C=O) groups excluding carboxylic acids is 2. The molecule has 0 amide bonds. The zero-order chi connectivity index (χ0) is 12.2. The fourth-order valence-electron chi connectivity index (χ4n) is 1.75. The van der Waals surface area contributed by atoms with Crippen molar-refractivity contribution in [3.63, 3.8) is 0 Å². The molecular weight excluding hydrogens is 260 g/mol. The van der Waals surface area contributed by atoms with Crippen molar-refractivity contribution in [2.24, 2.45) is 0 Å². The Morgan fingerprint density at radius 3 is 2.88 bits per heavy atom. The molecule has 1 aliphatic carbocycles. The maximum Gasteiger partial charge on any atom is 0.233 e. The minimum absolute atomic E-state index is 0.0182. The molecule has 86 valence electrons. The summed E-state index contributed by atoms with van der Waals surface area (Å²) in [5.74, 6) is -0.540. The lowest BCUT2D eigenvalue weighted by molar-refractivity contribution is 0.0957. The molecule has 2 N–H and O–H groups in total. The predicted octanol–water partition coefficient (Wildman–Crippen LogP) is 1.82. The van der Waals surface area contributed by atoms with Gasteiger partial charge < -0.3 is 10.3 Å². The molecular formula is C10H6N2O3S2. The topological polar surface area (TPSA) is 86.2 Å². The average Bonchev–Trinajstić information content (AvgIpc) is 2.89. The maximum atomic E-state index is 12.2. The quantitative estimate of drug-likeness (QED) is 0.676. The summed E-state index contributed by atoms with van der Waals surface area (Å²) in [5.41, 5.74) is 6.19. The van der Waals surface area contributed by atoms with Gasteiger partial charge in [-0.2, -0.15) is 0 Å². The van der Waals surface area contributed by atoms with E-state index in [9.17, 15) is 9.59 Å². The number of nitrogen functional groups attached to an aromatic ring is 1. The van der Waals surface area contributed by atoms with Crippen LogP contribution < -0.4 is 5.73 Å². The van der Waals surface area contributed by atoms with Crippen LogP contribution >= 0.6 is 23.1 Å². The van der Waals surface area contributed by atoms with Crippen LogP contribution in [-0.2, 0) is 0 Å². The molecule has 2 aromatic rings. The molecule has 0 saturated carbocycles. The molecule has 0 radical (unpaired) electrons. The lowest BCUT2D eigenvalue weighted by Gasteiger charge is -2.07. The van der Waals surface area contributed by atoms with Gasteiger partial charge in [0.2, 0.25) is 17.3 Å². The summed E-state index contributed by atoms with van der Waals surface area (Å²) in [6.07, 6.45) is 1.77. The Balaban J connectivity index is 2.30. The SMILES string of the molecule is CSc1noc2c1C(=O)c1sc(N)cc1C2=O. The first-order chi connectivity index (χ1) is 8.13. The van der Waals surface area contributed by atoms with Crippen LogP contribution in [0.2, 0.25) is 0 Å². The van der Waals surface area contributed by atoms with Crippen LogP contribution in [0, 0.1) is 0 Å². The molecule has 0 aliphatic heterocycles. The van der Waals surface area contributed by atoms with Crippen molar-refractivity contribution < 1.29 is 14.1 Å². The number of thioether (sulfide) groups is 1. The maximum absolute atomic E-state index is 12.2. The molecule has 0 atom stereocenters. The zero-order valence-electron chi connectivity index (χ0n) is 8.64. The number of rotatable bonds is 1. The third-order valence-electron chi connectivity index (χ3n) is 2.49. The Hall–Kier alpha value is -1.60. The minimum atomic E-state index is -0.324. The van der Waals surface area contributed by atoms with Crippen molar-refractivity contribution in [3.05, 3.63) is 27.8 Å². The van der Waals surface area contributed by atoms with Crippen LogP contribution in [0.4, 0.5) is 5.00 Å². The highest BCUT2D eigenvalue weighted by Crippen LogP contribution is 2.37. The van der Waals surface area contributed by atoms with E-state index in [0.717, 1.165) is 11.3 Å². The van der Waals surface area contributed by atoms with Gasteiger partial charge in [-0.1, -0.05) is 5.16 Å². The van der Waals surface area contributed by atoms with E-state index in [-0.39, 0.29) is 22.9 Å². The second-order valence-corrected chi connectivity index (χ2v) is 5.32. The van der Waals surface area contributed by atoms with E-state index >= 15 is 0 Å². The van der Waals surface area contributed by atoms with Crippen LogP contribution in [0.3, 0.4) is 0 Å². The molecule has 0 fully saturated rings. The van der Waals surface area contributed by atoms with Gasteiger partial charge in [0, 0.05) is 0 Å². The van der Waals surface area contributed by atoms with Crippen molar-refractivity contribution in [1.82, 2.24) is 5.16 Å². The molecule has 2 aromatic heterocycles. The van der Waals surface area contributed by atoms with Gasteiger partial charge in [-0.15, -0.1) is 23.1 Å². The van der Waals surface area contributed by atoms with Crippen LogP contribution in [0.1, 0.15) is 31.4 Å². The molecule has 17 heavy (non-hydrogen) atoms. The second-order valence-electron chi connectivity index (χ2n) is 3.45. The van der Waals surface area contributed by atoms with E-state index < -0.39 is 0 Å². The number of nitrogens with two attached hydrogens (primary N) is 1. The summed E-state index contributed by atoms with van der Waals surface area (Å²) in [7, 11) is 0. The highest BCUT2D eigenvalue weighted by molar-refractivity contribution is 7.98. The number of anilines is 1. The standard InChI is InChI=1S/C10H6N2O3S2/c1-16-10-5-7(14)9-3(2-4(11)17-9)6(13)8(5)15-12-10/h2H,11H2,1H3. The van der Waals surface area contributed by atoms with Gasteiger partial charge in [0.25, 0.3) is 0 Å². The van der Waals surface area contributed by atoms with Crippen LogP contribution in [0.25, 0.3) is 0 Å². The lowest BCUT2D eigenvalue weighted by Crippen LogP contribution is -2.17. The number of aromatic nitrogens is 1. The first kappa shape index (κ1) is 10.5. The molecule has 3 rings (SSSR count). The van der Waals surface area contributed by atoms with E-state index in [4.69, 9.17) is 10.3 Å². The van der Waals surface area contributed by atoms with Gasteiger partial charge in [-0.3, -0.25) is 9.59 Å². The molecule has 0 unspecified atom stereocenters. The molecule has 1 aliphatic rings. The number of carbonyl (C=O) groups is 2. The van der Waals surface area contributed by atoms with Crippen LogP contribution in [0.15, 0.2) is 15.6 Å². The summed E-state index contributed by atoms with van der Waals surface area (Å²) in [4.78, 5) is 24.6. The zero-order valence-corrected chi connectivity index (χ0v) is 10.3. The van der Waals surface area contributed by atoms with Crippen molar-refractivity contribution >= 4 is 39.7 Å². The number of hydrogen-bond donors (Lipinski definition) is 1. The number of ketones is 2. The summed E-state index contributed by atoms with van der Waals surface area (Å²) < 4.78 is 4.95. The van der Waals surface area contributed by atoms with E-state index in [2.05, 4.69) is 5.16 Å². The minimum Gasteiger partial charge on any atom is -0.391 e. The fraction of sp³-hybridized carbons (Fsp3) is 0.100. The van der Waals surface area contributed by atoms with Gasteiger partial charge in [0.15, 0.2) is 5.03 Å². The fourth-order valence-corrected chi connectivity index (χ4v) is 3.12. The third kappa shape index (κ3) is 1.29. The van der Waals surface area contributed by atoms with Gasteiger partial charge in [-0.05, 0) is 12.3 Å². The lowest BCUT2D eigenvalue weighted by atomic mass is 9.96. The molecule has 5 nitrogen and oxygen atoms in total. The highest BCUT2D eigenvalue weighted by atomic mass is 32.2. The Labute approximate surface area is 104 Å². The number of fused-ring (bicyclic) bond motifs is 2. The normalized spacial score (nSPS) is 13.7. The molecule has 7 heteroatoms. The second kappa shape index (κ2) is 3.44. The molecule has 2 heterocycles. The number of thiophene rings is 1. The van der Waals surface area contributed by atoms with Crippen LogP contribution in [0.5, 0.6) is 0 Å². The molecule has 0 bridgehead atoms. The number of nitrogens with zero attached hydrogens (tertiary/aromatic N) is 1. The Morgan fingerprint density at radius 1 is 1.41 bits per heavy atom. The van der Waals surface area contributed by atoms with E-state index in [0.29, 0.717) is 20.5 Å². The summed E-state index contributed by atoms with van der Waals surface area (Å²) in [6.45, 7) is 0. The highest BCUT2D eigenvalue weighted by Gasteiger charge is 2.38. The summed E-state index contributed by atoms with van der Waals surface area (Å²) in [6, 6.07) is 1.50. The van der Waals surface area contributed by atoms with E-state index in [1.165, 1.54) is 17.8 Å². The molecule has 0 aromatic carbocycles. The van der Waals surface area contributed by atoms with Crippen molar-refractivity contribution in [2.75, 3.05) is 12.0 Å². The van der Waals surface area contributed by atoms with Gasteiger partial charge >= 0.3 is 0 Å². The first-order valence-corrected chi connectivity index (χ1v) is 6.70. The van der Waals surface area contributed by atoms with Crippen LogP contribution in [-0.4, -0.2) is 23.0 Å². The number of hydrogen-bond acceptors (Lipinski definition) is 7.